The molecule has 0 aliphatic heterocycles. The van der Waals surface area contributed by atoms with Gasteiger partial charge in [-0.2, -0.15) is 10.3 Å². The Bertz CT molecular complexity index is 706. The fraction of sp³-hybridized carbons (Fsp3) is 0.333. The maximum atomic E-state index is 4.36. The fourth-order valence-electron chi connectivity index (χ4n) is 1.90. The van der Waals surface area contributed by atoms with E-state index in [-0.39, 0.29) is 0 Å². The summed E-state index contributed by atoms with van der Waals surface area (Å²) in [7, 11) is 0. The molecule has 0 fully saturated rings. The van der Waals surface area contributed by atoms with Crippen LogP contribution < -0.4 is 5.32 Å². The molecule has 2 N–H and O–H groups in total. The molecule has 20 heavy (non-hydrogen) atoms. The number of hydrogen-bond donors (Lipinski definition) is 2. The molecule has 3 aromatic rings. The van der Waals surface area contributed by atoms with Gasteiger partial charge >= 0.3 is 0 Å². The lowest BCUT2D eigenvalue weighted by atomic mass is 10.2. The molecule has 3 rings (SSSR count). The lowest BCUT2D eigenvalue weighted by molar-refractivity contribution is 0.911. The Morgan fingerprint density at radius 3 is 3.05 bits per heavy atom. The Morgan fingerprint density at radius 2 is 2.25 bits per heavy atom. The molecule has 0 unspecified atom stereocenters. The van der Waals surface area contributed by atoms with E-state index < -0.39 is 0 Å². The number of rotatable bonds is 5. The van der Waals surface area contributed by atoms with Crippen LogP contribution >= 0.6 is 23.1 Å². The zero-order chi connectivity index (χ0) is 13.9. The summed E-state index contributed by atoms with van der Waals surface area (Å²) in [6.07, 6.45) is 3.34. The molecule has 8 heteroatoms. The quantitative estimate of drug-likeness (QED) is 0.557. The van der Waals surface area contributed by atoms with E-state index >= 15 is 0 Å². The van der Waals surface area contributed by atoms with Crippen molar-refractivity contribution >= 4 is 39.1 Å². The van der Waals surface area contributed by atoms with Crippen LogP contribution in [0.4, 0.5) is 5.82 Å². The third kappa shape index (κ3) is 2.61. The van der Waals surface area contributed by atoms with Gasteiger partial charge in [0, 0.05) is 17.2 Å². The highest BCUT2D eigenvalue weighted by molar-refractivity contribution is 7.99. The van der Waals surface area contributed by atoms with Crippen molar-refractivity contribution in [1.82, 2.24) is 25.4 Å². The van der Waals surface area contributed by atoms with Gasteiger partial charge < -0.3 is 5.32 Å². The van der Waals surface area contributed by atoms with E-state index in [0.29, 0.717) is 0 Å². The number of H-pyrrole nitrogens is 1. The molecular formula is C12H14N6S2. The second-order valence-corrected chi connectivity index (χ2v) is 6.59. The number of nitrogens with zero attached hydrogens (tertiary/aromatic N) is 4. The van der Waals surface area contributed by atoms with Crippen LogP contribution in [0.1, 0.15) is 10.4 Å². The third-order valence-corrected chi connectivity index (χ3v) is 5.02. The van der Waals surface area contributed by atoms with Crippen LogP contribution in [-0.4, -0.2) is 37.7 Å². The number of aromatic amines is 1. The first-order valence-electron chi connectivity index (χ1n) is 6.19. The molecule has 0 bridgehead atoms. The Morgan fingerprint density at radius 1 is 1.35 bits per heavy atom. The molecular weight excluding hydrogens is 292 g/mol. The summed E-state index contributed by atoms with van der Waals surface area (Å²) in [5, 5.41) is 15.8. The van der Waals surface area contributed by atoms with Gasteiger partial charge in [0.15, 0.2) is 0 Å². The monoisotopic (exact) mass is 306 g/mol. The molecule has 3 heterocycles. The van der Waals surface area contributed by atoms with Crippen molar-refractivity contribution in [3.63, 3.8) is 0 Å². The Hall–Kier alpha value is -1.67. The third-order valence-electron chi connectivity index (χ3n) is 3.00. The molecule has 0 saturated carbocycles. The van der Waals surface area contributed by atoms with Gasteiger partial charge in [-0.15, -0.1) is 28.2 Å². The molecule has 0 atom stereocenters. The summed E-state index contributed by atoms with van der Waals surface area (Å²) >= 11 is 3.36. The summed E-state index contributed by atoms with van der Waals surface area (Å²) in [5.74, 6) is 1.82. The first-order valence-corrected chi connectivity index (χ1v) is 7.99. The molecule has 0 aliphatic carbocycles. The Balaban J connectivity index is 1.68. The van der Waals surface area contributed by atoms with Gasteiger partial charge in [0.25, 0.3) is 0 Å². The largest absolute Gasteiger partial charge is 0.369 e. The van der Waals surface area contributed by atoms with E-state index in [9.17, 15) is 0 Å². The van der Waals surface area contributed by atoms with E-state index in [0.717, 1.165) is 33.4 Å². The van der Waals surface area contributed by atoms with Crippen LogP contribution in [0.15, 0.2) is 17.6 Å². The van der Waals surface area contributed by atoms with E-state index in [1.807, 2.05) is 0 Å². The Kier molecular flexibility index (Phi) is 3.83. The van der Waals surface area contributed by atoms with Gasteiger partial charge in [0.1, 0.15) is 22.0 Å². The van der Waals surface area contributed by atoms with Crippen molar-refractivity contribution in [3.8, 4) is 0 Å². The summed E-state index contributed by atoms with van der Waals surface area (Å²) in [4.78, 5) is 11.0. The van der Waals surface area contributed by atoms with Gasteiger partial charge in [-0.1, -0.05) is 0 Å². The normalized spacial score (nSPS) is 11.1. The minimum Gasteiger partial charge on any atom is -0.369 e. The zero-order valence-corrected chi connectivity index (χ0v) is 12.8. The van der Waals surface area contributed by atoms with Gasteiger partial charge in [0.05, 0.1) is 11.6 Å². The van der Waals surface area contributed by atoms with E-state index in [1.54, 1.807) is 35.6 Å². The van der Waals surface area contributed by atoms with Gasteiger partial charge in [0.2, 0.25) is 0 Å². The number of nitrogens with one attached hydrogen (secondary N) is 2. The number of thioether (sulfide) groups is 1. The first kappa shape index (κ1) is 13.3. The van der Waals surface area contributed by atoms with Crippen molar-refractivity contribution in [2.75, 3.05) is 17.6 Å². The van der Waals surface area contributed by atoms with Crippen LogP contribution in [0.5, 0.6) is 0 Å². The minimum absolute atomic E-state index is 0.817. The van der Waals surface area contributed by atoms with E-state index in [4.69, 9.17) is 0 Å². The summed E-state index contributed by atoms with van der Waals surface area (Å²) in [6.45, 7) is 5.05. The highest BCUT2D eigenvalue weighted by Gasteiger charge is 2.11. The average molecular weight is 306 g/mol. The lowest BCUT2D eigenvalue weighted by Crippen LogP contribution is -2.06. The number of aryl methyl sites for hydroxylation is 2. The number of fused-ring (bicyclic) bond motifs is 1. The maximum Gasteiger partial charge on any atom is 0.138 e. The van der Waals surface area contributed by atoms with Crippen LogP contribution in [-0.2, 0) is 0 Å². The fourth-order valence-corrected chi connectivity index (χ4v) is 3.54. The van der Waals surface area contributed by atoms with Crippen LogP contribution in [0, 0.1) is 13.8 Å². The van der Waals surface area contributed by atoms with Gasteiger partial charge in [-0.3, -0.25) is 0 Å². The van der Waals surface area contributed by atoms with Gasteiger partial charge in [-0.25, -0.2) is 9.97 Å². The second kappa shape index (κ2) is 5.76. The smallest absolute Gasteiger partial charge is 0.138 e. The molecule has 0 radical (unpaired) electrons. The predicted octanol–water partition coefficient (Wildman–Crippen LogP) is 2.63. The van der Waals surface area contributed by atoms with Crippen molar-refractivity contribution in [2.24, 2.45) is 0 Å². The number of anilines is 1. The summed E-state index contributed by atoms with van der Waals surface area (Å²) < 4.78 is 0. The standard InChI is InChI=1S/C12H14N6S2/c1-7-8(2)20-12-10(7)11(14-6-15-12)13-3-4-19-9-5-16-18-17-9/h5-6H,3-4H2,1-2H3,(H,13,14,15)(H,16,17,18). The number of aromatic nitrogens is 5. The van der Waals surface area contributed by atoms with Gasteiger partial charge in [-0.05, 0) is 19.4 Å². The molecule has 0 amide bonds. The lowest BCUT2D eigenvalue weighted by Gasteiger charge is -2.06. The summed E-state index contributed by atoms with van der Waals surface area (Å²) in [5.41, 5.74) is 1.26. The van der Waals surface area contributed by atoms with E-state index in [1.165, 1.54) is 10.4 Å². The predicted molar refractivity (Wildman–Crippen MR) is 82.5 cm³/mol. The van der Waals surface area contributed by atoms with Crippen LogP contribution in [0.25, 0.3) is 10.2 Å². The molecule has 3 aromatic heterocycles. The topological polar surface area (TPSA) is 79.4 Å². The minimum atomic E-state index is 0.817. The molecule has 0 aliphatic rings. The molecule has 0 aromatic carbocycles. The highest BCUT2D eigenvalue weighted by atomic mass is 32.2. The average Bonchev–Trinajstić information content (AvgIpc) is 3.05. The van der Waals surface area contributed by atoms with Crippen molar-refractivity contribution in [1.29, 1.82) is 0 Å². The van der Waals surface area contributed by atoms with Crippen molar-refractivity contribution in [3.05, 3.63) is 23.0 Å². The highest BCUT2D eigenvalue weighted by Crippen LogP contribution is 2.32. The first-order chi connectivity index (χ1) is 9.75. The second-order valence-electron chi connectivity index (χ2n) is 4.27. The van der Waals surface area contributed by atoms with Crippen LogP contribution in [0.2, 0.25) is 0 Å². The molecule has 6 nitrogen and oxygen atoms in total. The zero-order valence-electron chi connectivity index (χ0n) is 11.2. The van der Waals surface area contributed by atoms with Crippen LogP contribution in [0.3, 0.4) is 0 Å². The Labute approximate surface area is 124 Å². The number of hydrogen-bond acceptors (Lipinski definition) is 7. The maximum absolute atomic E-state index is 4.36. The molecule has 0 saturated heterocycles. The SMILES string of the molecule is Cc1sc2ncnc(NCCSc3cn[nH]n3)c2c1C. The van der Waals surface area contributed by atoms with E-state index in [2.05, 4.69) is 44.5 Å². The van der Waals surface area contributed by atoms with Crippen molar-refractivity contribution in [2.45, 2.75) is 18.9 Å². The number of thiophene rings is 1. The molecule has 0 spiro atoms. The van der Waals surface area contributed by atoms with Crippen molar-refractivity contribution < 1.29 is 0 Å². The molecule has 104 valence electrons. The summed E-state index contributed by atoms with van der Waals surface area (Å²) in [6, 6.07) is 0.